The molecule has 5 heteroatoms. The van der Waals surface area contributed by atoms with E-state index >= 15 is 0 Å². The number of likely N-dealkylation sites (tertiary alicyclic amines) is 1. The number of carbonyl (C=O) groups excluding carboxylic acids is 2. The SMILES string of the molecule is CCCCCCCCCC(CCCCCCC(=O)OC(CC)CCCCC)OC(=O)C1CCN(C)CC1. The lowest BCUT2D eigenvalue weighted by Gasteiger charge is -2.29. The van der Waals surface area contributed by atoms with Gasteiger partial charge in [-0.25, -0.2) is 0 Å². The van der Waals surface area contributed by atoms with Crippen LogP contribution in [-0.2, 0) is 19.1 Å². The summed E-state index contributed by atoms with van der Waals surface area (Å²) in [5, 5.41) is 0. The first-order valence-electron chi connectivity index (χ1n) is 16.1. The molecule has 0 radical (unpaired) electrons. The van der Waals surface area contributed by atoms with Crippen molar-refractivity contribution in [2.45, 2.75) is 168 Å². The van der Waals surface area contributed by atoms with E-state index < -0.39 is 0 Å². The standard InChI is InChI=1S/C32H61NO4/c1-5-8-10-11-12-13-17-21-30(37-32(35)28-24-26-33(4)27-25-28)22-18-14-15-19-23-31(34)36-29(7-3)20-16-9-6-2/h28-30H,5-27H2,1-4H3. The number of nitrogens with zero attached hydrogens (tertiary/aromatic N) is 1. The van der Waals surface area contributed by atoms with Crippen LogP contribution in [-0.4, -0.2) is 49.2 Å². The van der Waals surface area contributed by atoms with E-state index in [-0.39, 0.29) is 30.1 Å². The molecule has 2 atom stereocenters. The van der Waals surface area contributed by atoms with Crippen LogP contribution in [0.3, 0.4) is 0 Å². The zero-order valence-corrected chi connectivity index (χ0v) is 25.1. The van der Waals surface area contributed by atoms with Crippen LogP contribution < -0.4 is 0 Å². The quantitative estimate of drug-likeness (QED) is 0.0991. The Kier molecular flexibility index (Phi) is 20.9. The van der Waals surface area contributed by atoms with Crippen LogP contribution in [0.4, 0.5) is 0 Å². The Hall–Kier alpha value is -1.10. The molecule has 0 aliphatic carbocycles. The minimum Gasteiger partial charge on any atom is -0.462 e. The van der Waals surface area contributed by atoms with E-state index in [1.807, 2.05) is 0 Å². The van der Waals surface area contributed by atoms with Crippen molar-refractivity contribution < 1.29 is 19.1 Å². The second-order valence-corrected chi connectivity index (χ2v) is 11.5. The zero-order chi connectivity index (χ0) is 27.1. The van der Waals surface area contributed by atoms with Crippen LogP contribution in [0.1, 0.15) is 156 Å². The van der Waals surface area contributed by atoms with E-state index in [1.54, 1.807) is 0 Å². The van der Waals surface area contributed by atoms with Gasteiger partial charge in [0.1, 0.15) is 12.2 Å². The largest absolute Gasteiger partial charge is 0.462 e. The first-order valence-corrected chi connectivity index (χ1v) is 16.1. The van der Waals surface area contributed by atoms with E-state index in [2.05, 4.69) is 32.7 Å². The molecule has 0 bridgehead atoms. The smallest absolute Gasteiger partial charge is 0.309 e. The second-order valence-electron chi connectivity index (χ2n) is 11.5. The second kappa shape index (κ2) is 22.8. The molecule has 0 spiro atoms. The first kappa shape index (κ1) is 33.9. The number of carbonyl (C=O) groups is 2. The molecule has 0 aromatic carbocycles. The van der Waals surface area contributed by atoms with Crippen LogP contribution in [0, 0.1) is 5.92 Å². The van der Waals surface area contributed by atoms with Gasteiger partial charge in [0.25, 0.3) is 0 Å². The molecule has 0 saturated carbocycles. The van der Waals surface area contributed by atoms with Gasteiger partial charge in [0.05, 0.1) is 5.92 Å². The van der Waals surface area contributed by atoms with Crippen molar-refractivity contribution in [2.75, 3.05) is 20.1 Å². The molecule has 1 fully saturated rings. The minimum absolute atomic E-state index is 0.0350. The van der Waals surface area contributed by atoms with Crippen molar-refractivity contribution in [2.24, 2.45) is 5.92 Å². The average Bonchev–Trinajstić information content (AvgIpc) is 2.89. The maximum atomic E-state index is 12.8. The molecule has 5 nitrogen and oxygen atoms in total. The van der Waals surface area contributed by atoms with E-state index in [9.17, 15) is 9.59 Å². The number of esters is 2. The Morgan fingerprint density at radius 1 is 0.676 bits per heavy atom. The molecule has 218 valence electrons. The van der Waals surface area contributed by atoms with E-state index in [0.717, 1.165) is 90.1 Å². The number of hydrogen-bond donors (Lipinski definition) is 0. The highest BCUT2D eigenvalue weighted by molar-refractivity contribution is 5.72. The summed E-state index contributed by atoms with van der Waals surface area (Å²) in [4.78, 5) is 27.4. The predicted octanol–water partition coefficient (Wildman–Crippen LogP) is 8.62. The molecular formula is C32H61NO4. The molecule has 1 saturated heterocycles. The van der Waals surface area contributed by atoms with E-state index in [1.165, 1.54) is 51.4 Å². The fraction of sp³-hybridized carbons (Fsp3) is 0.938. The molecule has 0 amide bonds. The Labute approximate surface area is 229 Å². The van der Waals surface area contributed by atoms with Crippen LogP contribution >= 0.6 is 0 Å². The Morgan fingerprint density at radius 2 is 1.16 bits per heavy atom. The van der Waals surface area contributed by atoms with Crippen molar-refractivity contribution in [1.82, 2.24) is 4.90 Å². The fourth-order valence-corrected chi connectivity index (χ4v) is 5.30. The molecule has 0 aromatic rings. The van der Waals surface area contributed by atoms with Crippen LogP contribution in [0.25, 0.3) is 0 Å². The lowest BCUT2D eigenvalue weighted by Crippen LogP contribution is -2.35. The lowest BCUT2D eigenvalue weighted by molar-refractivity contribution is -0.156. The van der Waals surface area contributed by atoms with Crippen molar-refractivity contribution in [3.05, 3.63) is 0 Å². The van der Waals surface area contributed by atoms with Crippen molar-refractivity contribution in [1.29, 1.82) is 0 Å². The van der Waals surface area contributed by atoms with Crippen LogP contribution in [0.2, 0.25) is 0 Å². The molecule has 1 rings (SSSR count). The first-order chi connectivity index (χ1) is 18.0. The summed E-state index contributed by atoms with van der Waals surface area (Å²) in [5.41, 5.74) is 0. The van der Waals surface area contributed by atoms with Gasteiger partial charge in [0.2, 0.25) is 0 Å². The van der Waals surface area contributed by atoms with Gasteiger partial charge >= 0.3 is 11.9 Å². The molecule has 1 heterocycles. The van der Waals surface area contributed by atoms with Crippen molar-refractivity contribution >= 4 is 11.9 Å². The van der Waals surface area contributed by atoms with E-state index in [4.69, 9.17) is 9.47 Å². The van der Waals surface area contributed by atoms with Crippen molar-refractivity contribution in [3.8, 4) is 0 Å². The summed E-state index contributed by atoms with van der Waals surface area (Å²) >= 11 is 0. The van der Waals surface area contributed by atoms with Gasteiger partial charge in [-0.2, -0.15) is 0 Å². The highest BCUT2D eigenvalue weighted by Crippen LogP contribution is 2.22. The third-order valence-corrected chi connectivity index (χ3v) is 8.00. The van der Waals surface area contributed by atoms with Crippen molar-refractivity contribution in [3.63, 3.8) is 0 Å². The van der Waals surface area contributed by atoms with Crippen LogP contribution in [0.5, 0.6) is 0 Å². The highest BCUT2D eigenvalue weighted by Gasteiger charge is 2.26. The summed E-state index contributed by atoms with van der Waals surface area (Å²) in [6, 6.07) is 0. The summed E-state index contributed by atoms with van der Waals surface area (Å²) in [6.45, 7) is 8.54. The molecule has 1 aliphatic heterocycles. The fourth-order valence-electron chi connectivity index (χ4n) is 5.30. The average molecular weight is 524 g/mol. The zero-order valence-electron chi connectivity index (χ0n) is 25.1. The molecule has 37 heavy (non-hydrogen) atoms. The molecule has 1 aliphatic rings. The number of hydrogen-bond acceptors (Lipinski definition) is 5. The monoisotopic (exact) mass is 523 g/mol. The summed E-state index contributed by atoms with van der Waals surface area (Å²) < 4.78 is 11.8. The van der Waals surface area contributed by atoms with Gasteiger partial charge in [-0.15, -0.1) is 0 Å². The third-order valence-electron chi connectivity index (χ3n) is 8.00. The Balaban J connectivity index is 2.30. The molecule has 0 N–H and O–H groups in total. The summed E-state index contributed by atoms with van der Waals surface area (Å²) in [5.74, 6) is 0.0769. The number of piperidine rings is 1. The maximum Gasteiger partial charge on any atom is 0.309 e. The molecule has 0 aromatic heterocycles. The lowest BCUT2D eigenvalue weighted by atomic mass is 9.97. The highest BCUT2D eigenvalue weighted by atomic mass is 16.5. The summed E-state index contributed by atoms with van der Waals surface area (Å²) in [6.07, 6.45) is 23.0. The normalized spacial score (nSPS) is 16.4. The predicted molar refractivity (Wildman–Crippen MR) is 155 cm³/mol. The number of rotatable bonds is 23. The Morgan fingerprint density at radius 3 is 1.76 bits per heavy atom. The molecular weight excluding hydrogens is 462 g/mol. The van der Waals surface area contributed by atoms with E-state index in [0.29, 0.717) is 6.42 Å². The van der Waals surface area contributed by atoms with Gasteiger partial charge < -0.3 is 14.4 Å². The van der Waals surface area contributed by atoms with Gasteiger partial charge in [-0.1, -0.05) is 85.0 Å². The van der Waals surface area contributed by atoms with Gasteiger partial charge in [-0.05, 0) is 84.3 Å². The van der Waals surface area contributed by atoms with Gasteiger partial charge in [0.15, 0.2) is 0 Å². The minimum atomic E-state index is -0.0350. The Bertz CT molecular complexity index is 559. The van der Waals surface area contributed by atoms with Gasteiger partial charge in [0, 0.05) is 6.42 Å². The number of ether oxygens (including phenoxy) is 2. The third kappa shape index (κ3) is 17.9. The topological polar surface area (TPSA) is 55.8 Å². The van der Waals surface area contributed by atoms with Gasteiger partial charge in [-0.3, -0.25) is 9.59 Å². The maximum absolute atomic E-state index is 12.8. The number of unbranched alkanes of at least 4 members (excludes halogenated alkanes) is 11. The van der Waals surface area contributed by atoms with Crippen LogP contribution in [0.15, 0.2) is 0 Å². The summed E-state index contributed by atoms with van der Waals surface area (Å²) in [7, 11) is 2.13. The molecule has 2 unspecified atom stereocenters.